The van der Waals surface area contributed by atoms with Crippen LogP contribution in [0.4, 0.5) is 14.5 Å². The molecular weight excluding hydrogens is 304 g/mol. The lowest BCUT2D eigenvalue weighted by Gasteiger charge is -2.19. The fraction of sp³-hybridized carbons (Fsp3) is 0.235. The molecule has 122 valence electrons. The predicted octanol–water partition coefficient (Wildman–Crippen LogP) is 3.69. The predicted molar refractivity (Wildman–Crippen MR) is 82.3 cm³/mol. The van der Waals surface area contributed by atoms with Gasteiger partial charge in [-0.3, -0.25) is 0 Å². The average molecular weight is 321 g/mol. The highest BCUT2D eigenvalue weighted by atomic mass is 19.1. The van der Waals surface area contributed by atoms with Gasteiger partial charge < -0.3 is 14.8 Å². The topological polar surface area (TPSA) is 47.6 Å². The second kappa shape index (κ2) is 7.58. The average Bonchev–Trinajstić information content (AvgIpc) is 2.52. The maximum atomic E-state index is 13.4. The Morgan fingerprint density at radius 3 is 2.26 bits per heavy atom. The van der Waals surface area contributed by atoms with E-state index in [1.165, 1.54) is 0 Å². The van der Waals surface area contributed by atoms with E-state index in [2.05, 4.69) is 5.32 Å². The Bertz CT molecular complexity index is 654. The van der Waals surface area contributed by atoms with Crippen molar-refractivity contribution < 1.29 is 23.0 Å². The Morgan fingerprint density at radius 1 is 1.13 bits per heavy atom. The number of anilines is 1. The van der Waals surface area contributed by atoms with Crippen molar-refractivity contribution in [2.45, 2.75) is 13.0 Å². The first-order chi connectivity index (χ1) is 11.0. The third kappa shape index (κ3) is 4.42. The van der Waals surface area contributed by atoms with Crippen molar-refractivity contribution in [3.05, 3.63) is 59.7 Å². The number of carbonyl (C=O) groups is 1. The SMILES string of the molecule is CCOC(=O)C(Nc1ccc(OC)cc1)c1cc(F)cc(F)c1. The van der Waals surface area contributed by atoms with Crippen LogP contribution in [0.2, 0.25) is 0 Å². The van der Waals surface area contributed by atoms with Gasteiger partial charge in [0.25, 0.3) is 0 Å². The summed E-state index contributed by atoms with van der Waals surface area (Å²) in [5.41, 5.74) is 0.741. The highest BCUT2D eigenvalue weighted by Crippen LogP contribution is 2.24. The molecule has 0 aromatic heterocycles. The Kier molecular flexibility index (Phi) is 5.51. The van der Waals surface area contributed by atoms with Gasteiger partial charge in [0.15, 0.2) is 6.04 Å². The molecule has 0 aliphatic rings. The number of methoxy groups -OCH3 is 1. The molecule has 1 unspecified atom stereocenters. The number of hydrogen-bond acceptors (Lipinski definition) is 4. The lowest BCUT2D eigenvalue weighted by atomic mass is 10.1. The first-order valence-electron chi connectivity index (χ1n) is 7.06. The van der Waals surface area contributed by atoms with Crippen LogP contribution >= 0.6 is 0 Å². The molecule has 0 fully saturated rings. The zero-order valence-corrected chi connectivity index (χ0v) is 12.8. The van der Waals surface area contributed by atoms with Gasteiger partial charge in [0, 0.05) is 11.8 Å². The van der Waals surface area contributed by atoms with E-state index in [0.717, 1.165) is 18.2 Å². The molecule has 2 aromatic carbocycles. The quantitative estimate of drug-likeness (QED) is 0.824. The van der Waals surface area contributed by atoms with E-state index < -0.39 is 23.6 Å². The molecule has 2 aromatic rings. The second-order valence-corrected chi connectivity index (χ2v) is 4.76. The van der Waals surface area contributed by atoms with Crippen LogP contribution in [-0.2, 0) is 9.53 Å². The maximum Gasteiger partial charge on any atom is 0.333 e. The van der Waals surface area contributed by atoms with E-state index in [-0.39, 0.29) is 12.2 Å². The van der Waals surface area contributed by atoms with Gasteiger partial charge in [-0.25, -0.2) is 13.6 Å². The molecule has 0 aliphatic carbocycles. The fourth-order valence-corrected chi connectivity index (χ4v) is 2.10. The summed E-state index contributed by atoms with van der Waals surface area (Å²) >= 11 is 0. The van der Waals surface area contributed by atoms with Crippen LogP contribution in [0.15, 0.2) is 42.5 Å². The lowest BCUT2D eigenvalue weighted by molar-refractivity contribution is -0.144. The van der Waals surface area contributed by atoms with E-state index in [1.807, 2.05) is 0 Å². The standard InChI is InChI=1S/C17H17F2NO3/c1-3-23-17(21)16(11-8-12(18)10-13(19)9-11)20-14-4-6-15(22-2)7-5-14/h4-10,16,20H,3H2,1-2H3. The molecule has 2 rings (SSSR count). The number of carbonyl (C=O) groups excluding carboxylic acids is 1. The van der Waals surface area contributed by atoms with Crippen LogP contribution in [0, 0.1) is 11.6 Å². The highest BCUT2D eigenvalue weighted by molar-refractivity contribution is 5.81. The molecule has 1 N–H and O–H groups in total. The summed E-state index contributed by atoms with van der Waals surface area (Å²) < 4.78 is 36.9. The molecule has 6 heteroatoms. The monoisotopic (exact) mass is 321 g/mol. The molecule has 0 spiro atoms. The molecule has 0 heterocycles. The van der Waals surface area contributed by atoms with Gasteiger partial charge in [0.1, 0.15) is 17.4 Å². The van der Waals surface area contributed by atoms with E-state index in [4.69, 9.17) is 9.47 Å². The highest BCUT2D eigenvalue weighted by Gasteiger charge is 2.23. The van der Waals surface area contributed by atoms with Crippen molar-refractivity contribution in [2.24, 2.45) is 0 Å². The zero-order valence-electron chi connectivity index (χ0n) is 12.8. The van der Waals surface area contributed by atoms with Gasteiger partial charge in [-0.05, 0) is 48.9 Å². The first-order valence-corrected chi connectivity index (χ1v) is 7.06. The van der Waals surface area contributed by atoms with E-state index in [1.54, 1.807) is 38.3 Å². The summed E-state index contributed by atoms with van der Waals surface area (Å²) in [7, 11) is 1.54. The number of benzene rings is 2. The summed E-state index contributed by atoms with van der Waals surface area (Å²) in [5.74, 6) is -1.48. The third-order valence-corrected chi connectivity index (χ3v) is 3.14. The Hall–Kier alpha value is -2.63. The molecule has 0 radical (unpaired) electrons. The van der Waals surface area contributed by atoms with Gasteiger partial charge in [-0.2, -0.15) is 0 Å². The Labute approximate surface area is 133 Å². The number of rotatable bonds is 6. The smallest absolute Gasteiger partial charge is 0.333 e. The zero-order chi connectivity index (χ0) is 16.8. The van der Waals surface area contributed by atoms with Crippen LogP contribution in [-0.4, -0.2) is 19.7 Å². The minimum atomic E-state index is -1.02. The van der Waals surface area contributed by atoms with E-state index >= 15 is 0 Å². The van der Waals surface area contributed by atoms with Gasteiger partial charge in [0.05, 0.1) is 13.7 Å². The van der Waals surface area contributed by atoms with E-state index in [0.29, 0.717) is 11.4 Å². The molecule has 4 nitrogen and oxygen atoms in total. The maximum absolute atomic E-state index is 13.4. The molecule has 0 saturated carbocycles. The van der Waals surface area contributed by atoms with Crippen LogP contribution < -0.4 is 10.1 Å². The fourth-order valence-electron chi connectivity index (χ4n) is 2.10. The van der Waals surface area contributed by atoms with E-state index in [9.17, 15) is 13.6 Å². The largest absolute Gasteiger partial charge is 0.497 e. The second-order valence-electron chi connectivity index (χ2n) is 4.76. The summed E-state index contributed by atoms with van der Waals surface area (Å²) in [4.78, 5) is 12.1. The van der Waals surface area contributed by atoms with Crippen LogP contribution in [0.25, 0.3) is 0 Å². The van der Waals surface area contributed by atoms with Crippen molar-refractivity contribution in [1.29, 1.82) is 0 Å². The summed E-state index contributed by atoms with van der Waals surface area (Å²) in [6.45, 7) is 1.83. The van der Waals surface area contributed by atoms with Gasteiger partial charge in [0.2, 0.25) is 0 Å². The molecule has 23 heavy (non-hydrogen) atoms. The summed E-state index contributed by atoms with van der Waals surface area (Å²) in [5, 5.41) is 2.92. The molecule has 0 saturated heterocycles. The van der Waals surface area contributed by atoms with Crippen LogP contribution in [0.3, 0.4) is 0 Å². The van der Waals surface area contributed by atoms with Gasteiger partial charge in [-0.1, -0.05) is 0 Å². The Balaban J connectivity index is 2.31. The minimum absolute atomic E-state index is 0.150. The molecule has 1 atom stereocenters. The van der Waals surface area contributed by atoms with Crippen LogP contribution in [0.5, 0.6) is 5.75 Å². The molecule has 0 amide bonds. The van der Waals surface area contributed by atoms with Gasteiger partial charge in [-0.15, -0.1) is 0 Å². The van der Waals surface area contributed by atoms with Gasteiger partial charge >= 0.3 is 5.97 Å². The number of hydrogen-bond donors (Lipinski definition) is 1. The van der Waals surface area contributed by atoms with Crippen molar-refractivity contribution in [3.8, 4) is 5.75 Å². The molecule has 0 bridgehead atoms. The van der Waals surface area contributed by atoms with Crippen molar-refractivity contribution in [2.75, 3.05) is 19.0 Å². The first kappa shape index (κ1) is 16.7. The van der Waals surface area contributed by atoms with Crippen molar-refractivity contribution in [1.82, 2.24) is 0 Å². The lowest BCUT2D eigenvalue weighted by Crippen LogP contribution is -2.23. The summed E-state index contributed by atoms with van der Waals surface area (Å²) in [6.07, 6.45) is 0. The normalized spacial score (nSPS) is 11.7. The third-order valence-electron chi connectivity index (χ3n) is 3.14. The number of ether oxygens (including phenoxy) is 2. The number of halogens is 2. The minimum Gasteiger partial charge on any atom is -0.497 e. The molecular formula is C17H17F2NO3. The van der Waals surface area contributed by atoms with Crippen molar-refractivity contribution in [3.63, 3.8) is 0 Å². The molecule has 0 aliphatic heterocycles. The van der Waals surface area contributed by atoms with Crippen LogP contribution in [0.1, 0.15) is 18.5 Å². The number of esters is 1. The summed E-state index contributed by atoms with van der Waals surface area (Å²) in [6, 6.07) is 8.73. The van der Waals surface area contributed by atoms with Crippen molar-refractivity contribution >= 4 is 11.7 Å². The number of nitrogens with one attached hydrogen (secondary N) is 1. The Morgan fingerprint density at radius 2 is 1.74 bits per heavy atom.